The number of hydrogen-bond donors (Lipinski definition) is 0. The second kappa shape index (κ2) is 24.5. The van der Waals surface area contributed by atoms with Gasteiger partial charge in [-0.25, -0.2) is 0 Å². The van der Waals surface area contributed by atoms with Crippen molar-refractivity contribution in [3.05, 3.63) is 0 Å². The Morgan fingerprint density at radius 3 is 1.20 bits per heavy atom. The molecule has 0 atom stereocenters. The Labute approximate surface area is 126 Å². The van der Waals surface area contributed by atoms with E-state index in [0.717, 1.165) is 0 Å². The van der Waals surface area contributed by atoms with Gasteiger partial charge in [-0.2, -0.15) is 0 Å². The summed E-state index contributed by atoms with van der Waals surface area (Å²) in [5, 5.41) is 0. The fourth-order valence-corrected chi connectivity index (χ4v) is 0. The molecule has 0 aliphatic rings. The van der Waals surface area contributed by atoms with Crippen LogP contribution in [0.1, 0.15) is 0 Å². The van der Waals surface area contributed by atoms with E-state index in [1.54, 1.807) is 0 Å². The van der Waals surface area contributed by atoms with Crippen molar-refractivity contribution in [2.75, 3.05) is 0 Å². The van der Waals surface area contributed by atoms with Gasteiger partial charge in [0, 0.05) is 27.3 Å². The maximum absolute atomic E-state index is 7.81. The van der Waals surface area contributed by atoms with Crippen LogP contribution in [0.15, 0.2) is 0 Å². The Balaban J connectivity index is -0.00000000167. The average molecular weight is 416 g/mol. The first kappa shape index (κ1) is 23.1. The Kier molecular flexibility index (Phi) is 113. The second-order valence-corrected chi connectivity index (χ2v) is 0. The van der Waals surface area contributed by atoms with Gasteiger partial charge in [0.1, 0.15) is 0 Å². The maximum atomic E-state index is 7.81. The predicted molar refractivity (Wildman–Crippen MR) is 23.5 cm³/mol. The fourth-order valence-electron chi connectivity index (χ4n) is 0. The van der Waals surface area contributed by atoms with E-state index in [1.807, 2.05) is 0 Å². The molecule has 1 radical (unpaired) electrons. The van der Waals surface area contributed by atoms with Gasteiger partial charge in [-0.05, 0) is 0 Å². The van der Waals surface area contributed by atoms with Crippen LogP contribution in [0, 0.1) is 0 Å². The number of hydrogen-bond acceptors (Lipinski definition) is 1. The molecular formula is H4CaCuOSrTl. The van der Waals surface area contributed by atoms with Crippen molar-refractivity contribution in [2.24, 2.45) is 0 Å². The molecule has 0 amide bonds. The second-order valence-electron chi connectivity index (χ2n) is 0. The van der Waals surface area contributed by atoms with Gasteiger partial charge in [0.15, 0.2) is 0 Å². The van der Waals surface area contributed by atoms with Crippen molar-refractivity contribution in [1.82, 2.24) is 0 Å². The van der Waals surface area contributed by atoms with Crippen molar-refractivity contribution in [2.45, 2.75) is 0 Å². The van der Waals surface area contributed by atoms with Crippen LogP contribution in [0.4, 0.5) is 0 Å². The molecular weight excluding hydrogens is 412 g/mol. The summed E-state index contributed by atoms with van der Waals surface area (Å²) in [4.78, 5) is 0. The van der Waals surface area contributed by atoms with Crippen LogP contribution in [-0.2, 0) is 19.8 Å². The zero-order valence-electron chi connectivity index (χ0n) is 1.29. The minimum atomic E-state index is 0. The molecule has 28 valence electrons. The predicted octanol–water partition coefficient (Wildman–Crippen LogP) is -2.33. The SMILES string of the molecule is [CaH2].[O]=[Cu].[SrH2].[Tl]. The topological polar surface area (TPSA) is 17.1 Å². The van der Waals surface area contributed by atoms with E-state index in [2.05, 4.69) is 15.9 Å². The summed E-state index contributed by atoms with van der Waals surface area (Å²) >= 11 is 2.94. The van der Waals surface area contributed by atoms with Crippen molar-refractivity contribution in [1.29, 1.82) is 0 Å². The van der Waals surface area contributed by atoms with Crippen molar-refractivity contribution in [3.8, 4) is 0 Å². The van der Waals surface area contributed by atoms with E-state index in [4.69, 9.17) is 3.83 Å². The fraction of sp³-hybridized carbons (Fsp3) is 0. The molecule has 0 aromatic carbocycles. The molecule has 0 saturated carbocycles. The van der Waals surface area contributed by atoms with Crippen LogP contribution in [0.25, 0.3) is 0 Å². The molecule has 0 aliphatic heterocycles. The Bertz CT molecular complexity index is 11.6. The van der Waals surface area contributed by atoms with E-state index in [0.29, 0.717) is 0 Å². The first-order valence-electron chi connectivity index (χ1n) is 0.123. The molecule has 0 N–H and O–H groups in total. The summed E-state index contributed by atoms with van der Waals surface area (Å²) in [6.45, 7) is 0. The molecule has 0 bridgehead atoms. The van der Waals surface area contributed by atoms with E-state index in [1.165, 1.54) is 0 Å². The van der Waals surface area contributed by atoms with Crippen LogP contribution < -0.4 is 0 Å². The van der Waals surface area contributed by atoms with Gasteiger partial charge in [0.2, 0.25) is 0 Å². The zero-order valence-corrected chi connectivity index (χ0v) is 6.72. The molecule has 0 fully saturated rings. The molecule has 1 nitrogen and oxygen atoms in total. The first-order chi connectivity index (χ1) is 1.00. The van der Waals surface area contributed by atoms with E-state index in [-0.39, 0.29) is 111 Å². The zero-order chi connectivity index (χ0) is 2.00. The third-order valence-electron chi connectivity index (χ3n) is 0. The first-order valence-corrected chi connectivity index (χ1v) is 0.508. The van der Waals surface area contributed by atoms with Crippen LogP contribution >= 0.6 is 0 Å². The van der Waals surface area contributed by atoms with Crippen molar-refractivity contribution < 1.29 is 19.8 Å². The normalized spacial score (nSPS) is 1.20. The smallest absolute Gasteiger partial charge is 0 e. The molecule has 5 heteroatoms. The molecule has 0 aromatic rings. The van der Waals surface area contributed by atoms with Gasteiger partial charge >= 0.3 is 103 Å². The Morgan fingerprint density at radius 1 is 1.20 bits per heavy atom. The van der Waals surface area contributed by atoms with Gasteiger partial charge in [0.25, 0.3) is 0 Å². The minimum absolute atomic E-state index is 0. The summed E-state index contributed by atoms with van der Waals surface area (Å²) < 4.78 is 7.81. The largest absolute Gasteiger partial charge is 0 e. The molecule has 0 rings (SSSR count). The van der Waals surface area contributed by atoms with Gasteiger partial charge in [-0.1, -0.05) is 0 Å². The van der Waals surface area contributed by atoms with Gasteiger partial charge in [-0.15, -0.1) is 0 Å². The molecule has 5 heavy (non-hydrogen) atoms. The molecule has 0 saturated heterocycles. The number of rotatable bonds is 0. The third-order valence-corrected chi connectivity index (χ3v) is 0. The van der Waals surface area contributed by atoms with E-state index >= 15 is 0 Å². The van der Waals surface area contributed by atoms with E-state index in [9.17, 15) is 0 Å². The molecule has 0 spiro atoms. The minimum Gasteiger partial charge on any atom is 0 e. The van der Waals surface area contributed by atoms with Crippen molar-refractivity contribution in [3.63, 3.8) is 0 Å². The molecule has 0 unspecified atom stereocenters. The van der Waals surface area contributed by atoms with Gasteiger partial charge in [-0.3, -0.25) is 0 Å². The summed E-state index contributed by atoms with van der Waals surface area (Å²) in [7, 11) is 0. The van der Waals surface area contributed by atoms with Gasteiger partial charge < -0.3 is 0 Å². The maximum Gasteiger partial charge on any atom is 0 e. The monoisotopic (exact) mass is 416 g/mol. The molecule has 0 aliphatic carbocycles. The van der Waals surface area contributed by atoms with Crippen LogP contribution in [0.5, 0.6) is 0 Å². The average Bonchev–Trinajstić information content (AvgIpc) is 1.00. The Morgan fingerprint density at radius 2 is 1.20 bits per heavy atom. The van der Waals surface area contributed by atoms with Crippen LogP contribution in [0.3, 0.4) is 0 Å². The van der Waals surface area contributed by atoms with Crippen molar-refractivity contribution >= 4 is 111 Å². The van der Waals surface area contributed by atoms with E-state index < -0.39 is 0 Å². The molecule has 0 heterocycles. The van der Waals surface area contributed by atoms with Gasteiger partial charge in [0.05, 0.1) is 0 Å². The summed E-state index contributed by atoms with van der Waals surface area (Å²) in [6.07, 6.45) is 0. The third kappa shape index (κ3) is 18.0. The quantitative estimate of drug-likeness (QED) is 0.406. The summed E-state index contributed by atoms with van der Waals surface area (Å²) in [6, 6.07) is 0. The Hall–Kier alpha value is 3.98. The standard InChI is InChI=1S/Ca.Cu.O.Sr.Tl.4H. The molecule has 0 aromatic heterocycles. The summed E-state index contributed by atoms with van der Waals surface area (Å²) in [5.41, 5.74) is 0. The van der Waals surface area contributed by atoms with Crippen LogP contribution in [0.2, 0.25) is 0 Å². The van der Waals surface area contributed by atoms with Crippen LogP contribution in [-0.4, -0.2) is 111 Å². The summed E-state index contributed by atoms with van der Waals surface area (Å²) in [5.74, 6) is 0.